The van der Waals surface area contributed by atoms with Gasteiger partial charge in [-0.1, -0.05) is 11.8 Å². The molecule has 0 N–H and O–H groups in total. The Hall–Kier alpha value is -2.59. The summed E-state index contributed by atoms with van der Waals surface area (Å²) in [5, 5.41) is 0.436. The van der Waals surface area contributed by atoms with Gasteiger partial charge in [0.1, 0.15) is 5.82 Å². The van der Waals surface area contributed by atoms with E-state index in [1.165, 1.54) is 7.11 Å². The third-order valence-corrected chi connectivity index (χ3v) is 5.50. The van der Waals surface area contributed by atoms with Crippen LogP contribution in [0.4, 0.5) is 17.6 Å². The Balaban J connectivity index is 1.96. The summed E-state index contributed by atoms with van der Waals surface area (Å²) in [6.07, 6.45) is -4.59. The second-order valence-corrected chi connectivity index (χ2v) is 7.49. The molecule has 1 heterocycles. The number of nitrogens with zero attached hydrogens (tertiary/aromatic N) is 2. The average molecular weight is 456 g/mol. The van der Waals surface area contributed by atoms with Crippen LogP contribution in [-0.2, 0) is 27.9 Å². The van der Waals surface area contributed by atoms with Crippen LogP contribution in [0, 0.1) is 5.82 Å². The Kier molecular flexibility index (Phi) is 7.22. The molecular weight excluding hydrogens is 436 g/mol. The Bertz CT molecular complexity index is 1080. The van der Waals surface area contributed by atoms with E-state index in [-0.39, 0.29) is 17.9 Å². The number of benzene rings is 2. The lowest BCUT2D eigenvalue weighted by Gasteiger charge is -2.13. The van der Waals surface area contributed by atoms with Gasteiger partial charge in [0.2, 0.25) is 0 Å². The molecule has 0 fully saturated rings. The summed E-state index contributed by atoms with van der Waals surface area (Å²) in [5.74, 6) is -1.36. The van der Waals surface area contributed by atoms with Crippen molar-refractivity contribution in [3.05, 3.63) is 58.9 Å². The van der Waals surface area contributed by atoms with E-state index in [1.807, 2.05) is 0 Å². The molecule has 5 nitrogen and oxygen atoms in total. The molecule has 0 atom stereocenters. The lowest BCUT2D eigenvalue weighted by Crippen LogP contribution is -2.09. The third kappa shape index (κ3) is 5.37. The lowest BCUT2D eigenvalue weighted by atomic mass is 10.1. The van der Waals surface area contributed by atoms with Gasteiger partial charge in [0.25, 0.3) is 0 Å². The van der Waals surface area contributed by atoms with Gasteiger partial charge < -0.3 is 14.0 Å². The summed E-state index contributed by atoms with van der Waals surface area (Å²) in [6.45, 7) is 2.69. The van der Waals surface area contributed by atoms with Crippen LogP contribution in [-0.4, -0.2) is 35.8 Å². The summed E-state index contributed by atoms with van der Waals surface area (Å²) >= 11 is 1.05. The van der Waals surface area contributed by atoms with E-state index in [9.17, 15) is 22.4 Å². The van der Waals surface area contributed by atoms with Crippen LogP contribution in [0.5, 0.6) is 0 Å². The largest absolute Gasteiger partial charge is 0.462 e. The summed E-state index contributed by atoms with van der Waals surface area (Å²) in [7, 11) is 1.53. The molecule has 1 aromatic heterocycles. The van der Waals surface area contributed by atoms with Crippen molar-refractivity contribution < 1.29 is 31.8 Å². The third-order valence-electron chi connectivity index (χ3n) is 4.47. The number of fused-ring (bicyclic) bond motifs is 1. The Morgan fingerprint density at radius 2 is 1.97 bits per heavy atom. The Morgan fingerprint density at radius 3 is 2.65 bits per heavy atom. The molecule has 166 valence electrons. The van der Waals surface area contributed by atoms with Crippen LogP contribution in [0.3, 0.4) is 0 Å². The van der Waals surface area contributed by atoms with Crippen molar-refractivity contribution in [3.63, 3.8) is 0 Å². The maximum absolute atomic E-state index is 13.6. The predicted octanol–water partition coefficient (Wildman–Crippen LogP) is 5.31. The molecule has 0 unspecified atom stereocenters. The van der Waals surface area contributed by atoms with Crippen LogP contribution in [0.25, 0.3) is 11.0 Å². The highest BCUT2D eigenvalue weighted by atomic mass is 32.2. The fourth-order valence-electron chi connectivity index (χ4n) is 3.06. The first-order chi connectivity index (χ1) is 14.7. The van der Waals surface area contributed by atoms with Gasteiger partial charge in [0, 0.05) is 19.4 Å². The van der Waals surface area contributed by atoms with Gasteiger partial charge in [0.15, 0.2) is 5.16 Å². The highest BCUT2D eigenvalue weighted by Gasteiger charge is 2.33. The molecule has 0 aliphatic carbocycles. The van der Waals surface area contributed by atoms with Crippen molar-refractivity contribution >= 4 is 28.8 Å². The van der Waals surface area contributed by atoms with Gasteiger partial charge in [-0.15, -0.1) is 0 Å². The van der Waals surface area contributed by atoms with Crippen molar-refractivity contribution in [3.8, 4) is 0 Å². The van der Waals surface area contributed by atoms with Gasteiger partial charge in [-0.3, -0.25) is 0 Å². The standard InChI is InChI=1S/C21H20F4N2O3S/c1-3-30-19(28)13-4-7-18-17(11-13)26-20(27(18)8-9-29-2)31-12-14-10-15(22)5-6-16(14)21(23,24)25/h4-7,10-11H,3,8-9,12H2,1-2H3. The van der Waals surface area contributed by atoms with E-state index in [0.717, 1.165) is 30.0 Å². The summed E-state index contributed by atoms with van der Waals surface area (Å²) < 4.78 is 65.4. The topological polar surface area (TPSA) is 53.3 Å². The number of ether oxygens (including phenoxy) is 2. The number of carbonyl (C=O) groups excluding carboxylic acids is 1. The minimum absolute atomic E-state index is 0.131. The van der Waals surface area contributed by atoms with Crippen molar-refractivity contribution in [1.29, 1.82) is 0 Å². The first-order valence-electron chi connectivity index (χ1n) is 9.39. The molecule has 0 aliphatic rings. The number of thioether (sulfide) groups is 1. The van der Waals surface area contributed by atoms with Crippen LogP contribution in [0.2, 0.25) is 0 Å². The zero-order valence-corrected chi connectivity index (χ0v) is 17.6. The van der Waals surface area contributed by atoms with Gasteiger partial charge in [-0.05, 0) is 48.9 Å². The number of rotatable bonds is 8. The fraction of sp³-hybridized carbons (Fsp3) is 0.333. The first-order valence-corrected chi connectivity index (χ1v) is 10.4. The van der Waals surface area contributed by atoms with E-state index in [2.05, 4.69) is 4.98 Å². The molecule has 0 bridgehead atoms. The number of alkyl halides is 3. The lowest BCUT2D eigenvalue weighted by molar-refractivity contribution is -0.138. The van der Waals surface area contributed by atoms with Gasteiger partial charge in [-0.2, -0.15) is 13.2 Å². The molecule has 3 aromatic rings. The maximum atomic E-state index is 13.6. The molecular formula is C21H20F4N2O3S. The molecule has 0 amide bonds. The van der Waals surface area contributed by atoms with Gasteiger partial charge >= 0.3 is 12.1 Å². The van der Waals surface area contributed by atoms with E-state index in [4.69, 9.17) is 9.47 Å². The molecule has 31 heavy (non-hydrogen) atoms. The molecule has 0 spiro atoms. The van der Waals surface area contributed by atoms with E-state index < -0.39 is 23.5 Å². The molecule has 0 aliphatic heterocycles. The minimum Gasteiger partial charge on any atom is -0.462 e. The quantitative estimate of drug-likeness (QED) is 0.261. The molecule has 0 radical (unpaired) electrons. The predicted molar refractivity (Wildman–Crippen MR) is 109 cm³/mol. The summed E-state index contributed by atoms with van der Waals surface area (Å²) in [4.78, 5) is 16.5. The first kappa shape index (κ1) is 23.1. The molecule has 0 saturated heterocycles. The second-order valence-electron chi connectivity index (χ2n) is 6.55. The SMILES string of the molecule is CCOC(=O)c1ccc2c(c1)nc(SCc1cc(F)ccc1C(F)(F)F)n2CCOC. The fourth-order valence-corrected chi connectivity index (χ4v) is 4.09. The number of esters is 1. The number of hydrogen-bond acceptors (Lipinski definition) is 5. The average Bonchev–Trinajstić information content (AvgIpc) is 3.06. The monoisotopic (exact) mass is 456 g/mol. The zero-order valence-electron chi connectivity index (χ0n) is 16.8. The van der Waals surface area contributed by atoms with Crippen molar-refractivity contribution in [1.82, 2.24) is 9.55 Å². The summed E-state index contributed by atoms with van der Waals surface area (Å²) in [5.41, 5.74) is 0.467. The van der Waals surface area contributed by atoms with Crippen LogP contribution >= 0.6 is 11.8 Å². The van der Waals surface area contributed by atoms with Crippen molar-refractivity contribution in [2.45, 2.75) is 30.6 Å². The normalized spacial score (nSPS) is 11.8. The van der Waals surface area contributed by atoms with Crippen LogP contribution in [0.15, 0.2) is 41.6 Å². The minimum atomic E-state index is -4.59. The Morgan fingerprint density at radius 1 is 1.19 bits per heavy atom. The van der Waals surface area contributed by atoms with E-state index in [1.54, 1.807) is 29.7 Å². The van der Waals surface area contributed by atoms with Gasteiger partial charge in [0.05, 0.1) is 35.4 Å². The molecule has 3 rings (SSSR count). The number of imidazole rings is 1. The second kappa shape index (κ2) is 9.69. The number of hydrogen-bond donors (Lipinski definition) is 0. The Labute approximate surface area is 180 Å². The van der Waals surface area contributed by atoms with E-state index in [0.29, 0.717) is 34.9 Å². The summed E-state index contributed by atoms with van der Waals surface area (Å²) in [6, 6.07) is 7.30. The number of aromatic nitrogens is 2. The van der Waals surface area contributed by atoms with Crippen molar-refractivity contribution in [2.24, 2.45) is 0 Å². The highest BCUT2D eigenvalue weighted by molar-refractivity contribution is 7.98. The maximum Gasteiger partial charge on any atom is 0.416 e. The number of halogens is 4. The molecule has 2 aromatic carbocycles. The van der Waals surface area contributed by atoms with Crippen molar-refractivity contribution in [2.75, 3.05) is 20.3 Å². The van der Waals surface area contributed by atoms with Gasteiger partial charge in [-0.25, -0.2) is 14.2 Å². The molecule has 10 heteroatoms. The van der Waals surface area contributed by atoms with Crippen LogP contribution in [0.1, 0.15) is 28.4 Å². The number of methoxy groups -OCH3 is 1. The molecule has 0 saturated carbocycles. The smallest absolute Gasteiger partial charge is 0.416 e. The van der Waals surface area contributed by atoms with Crippen LogP contribution < -0.4 is 0 Å². The highest BCUT2D eigenvalue weighted by Crippen LogP contribution is 2.36. The van der Waals surface area contributed by atoms with E-state index >= 15 is 0 Å². The number of carbonyl (C=O) groups is 1. The zero-order chi connectivity index (χ0) is 22.6.